The van der Waals surface area contributed by atoms with Crippen molar-refractivity contribution >= 4 is 23.1 Å². The zero-order valence-electron chi connectivity index (χ0n) is 18.5. The van der Waals surface area contributed by atoms with Crippen molar-refractivity contribution in [2.75, 3.05) is 12.0 Å². The van der Waals surface area contributed by atoms with E-state index in [2.05, 4.69) is 0 Å². The Morgan fingerprint density at radius 1 is 1.00 bits per heavy atom. The van der Waals surface area contributed by atoms with E-state index in [-0.39, 0.29) is 11.3 Å². The van der Waals surface area contributed by atoms with E-state index in [1.165, 1.54) is 12.0 Å². The first-order chi connectivity index (χ1) is 15.9. The van der Waals surface area contributed by atoms with Crippen LogP contribution in [0.5, 0.6) is 5.75 Å². The molecule has 6 nitrogen and oxygen atoms in total. The number of nitriles is 1. The summed E-state index contributed by atoms with van der Waals surface area (Å²) in [6, 6.07) is 20.0. The lowest BCUT2D eigenvalue weighted by Gasteiger charge is -2.26. The third kappa shape index (κ3) is 3.74. The largest absolute Gasteiger partial charge is 0.507 e. The van der Waals surface area contributed by atoms with E-state index in [9.17, 15) is 14.7 Å². The van der Waals surface area contributed by atoms with Crippen LogP contribution in [0.3, 0.4) is 0 Å². The predicted molar refractivity (Wildman–Crippen MR) is 125 cm³/mol. The average Bonchev–Trinajstić information content (AvgIpc) is 3.10. The van der Waals surface area contributed by atoms with Crippen LogP contribution in [0.15, 0.2) is 72.3 Å². The van der Waals surface area contributed by atoms with Gasteiger partial charge < -0.3 is 9.84 Å². The van der Waals surface area contributed by atoms with Gasteiger partial charge in [0.2, 0.25) is 0 Å². The number of carbonyl (C=O) groups excluding carboxylic acids is 2. The number of benzene rings is 3. The fourth-order valence-corrected chi connectivity index (χ4v) is 4.03. The van der Waals surface area contributed by atoms with E-state index in [4.69, 9.17) is 10.00 Å². The van der Waals surface area contributed by atoms with Crippen LogP contribution < -0.4 is 9.64 Å². The molecule has 0 saturated carbocycles. The van der Waals surface area contributed by atoms with Gasteiger partial charge in [-0.05, 0) is 61.4 Å². The number of anilines is 1. The molecule has 3 aromatic carbocycles. The summed E-state index contributed by atoms with van der Waals surface area (Å²) < 4.78 is 5.52. The summed E-state index contributed by atoms with van der Waals surface area (Å²) in [4.78, 5) is 27.8. The monoisotopic (exact) mass is 438 g/mol. The Balaban J connectivity index is 1.98. The molecule has 1 amide bonds. The van der Waals surface area contributed by atoms with Gasteiger partial charge >= 0.3 is 0 Å². The molecule has 33 heavy (non-hydrogen) atoms. The van der Waals surface area contributed by atoms with Crippen LogP contribution in [0.4, 0.5) is 5.69 Å². The molecule has 1 fully saturated rings. The minimum absolute atomic E-state index is 0.0166. The Labute approximate surface area is 192 Å². The van der Waals surface area contributed by atoms with Gasteiger partial charge in [0.15, 0.2) is 0 Å². The number of aliphatic hydroxyl groups excluding tert-OH is 1. The minimum Gasteiger partial charge on any atom is -0.507 e. The Hall–Kier alpha value is -4.37. The lowest BCUT2D eigenvalue weighted by Crippen LogP contribution is -2.29. The summed E-state index contributed by atoms with van der Waals surface area (Å²) in [6.07, 6.45) is 0. The standard InChI is InChI=1S/C27H22N2O4/c1-16-8-11-19(14-17(16)2)25(30)23-24(21-6-4-5-7-22(21)33-3)29(27(32)26(23)31)20-12-9-18(15-28)10-13-20/h4-14,24,30H,1-3H3/b25-23+. The molecule has 1 aliphatic rings. The number of hydrogen-bond donors (Lipinski definition) is 1. The number of ether oxygens (including phenoxy) is 1. The molecule has 1 saturated heterocycles. The van der Waals surface area contributed by atoms with Crippen molar-refractivity contribution < 1.29 is 19.4 Å². The molecule has 0 spiro atoms. The first-order valence-corrected chi connectivity index (χ1v) is 10.4. The van der Waals surface area contributed by atoms with Crippen molar-refractivity contribution in [2.24, 2.45) is 0 Å². The van der Waals surface area contributed by atoms with Gasteiger partial charge in [-0.25, -0.2) is 0 Å². The SMILES string of the molecule is COc1ccccc1C1/C(=C(\O)c2ccc(C)c(C)c2)C(=O)C(=O)N1c1ccc(C#N)cc1. The summed E-state index contributed by atoms with van der Waals surface area (Å²) in [6.45, 7) is 3.87. The number of rotatable bonds is 4. The normalized spacial score (nSPS) is 17.2. The number of methoxy groups -OCH3 is 1. The van der Waals surface area contributed by atoms with E-state index < -0.39 is 17.7 Å². The van der Waals surface area contributed by atoms with Crippen LogP contribution in [0, 0.1) is 25.2 Å². The minimum atomic E-state index is -0.907. The van der Waals surface area contributed by atoms with Gasteiger partial charge in [-0.1, -0.05) is 30.3 Å². The Morgan fingerprint density at radius 3 is 2.33 bits per heavy atom. The molecule has 3 aromatic rings. The summed E-state index contributed by atoms with van der Waals surface area (Å²) in [7, 11) is 1.51. The van der Waals surface area contributed by atoms with Crippen LogP contribution in [0.1, 0.15) is 33.9 Å². The number of carbonyl (C=O) groups is 2. The van der Waals surface area contributed by atoms with E-state index in [1.807, 2.05) is 26.0 Å². The zero-order valence-corrected chi connectivity index (χ0v) is 18.5. The highest BCUT2D eigenvalue weighted by atomic mass is 16.5. The number of aryl methyl sites for hydroxylation is 2. The van der Waals surface area contributed by atoms with Crippen LogP contribution in [-0.4, -0.2) is 23.9 Å². The van der Waals surface area contributed by atoms with Gasteiger partial charge in [0, 0.05) is 16.8 Å². The number of amides is 1. The van der Waals surface area contributed by atoms with Crippen molar-refractivity contribution in [3.63, 3.8) is 0 Å². The molecule has 0 aliphatic carbocycles. The fraction of sp³-hybridized carbons (Fsp3) is 0.148. The molecule has 1 heterocycles. The molecule has 1 N–H and O–H groups in total. The summed E-state index contributed by atoms with van der Waals surface area (Å²) in [5.74, 6) is -1.32. The lowest BCUT2D eigenvalue weighted by atomic mass is 9.93. The van der Waals surface area contributed by atoms with Gasteiger partial charge in [0.25, 0.3) is 11.7 Å². The second-order valence-corrected chi connectivity index (χ2v) is 7.87. The van der Waals surface area contributed by atoms with E-state index in [0.29, 0.717) is 28.1 Å². The third-order valence-electron chi connectivity index (χ3n) is 5.93. The van der Waals surface area contributed by atoms with E-state index in [1.54, 1.807) is 60.7 Å². The number of hydrogen-bond acceptors (Lipinski definition) is 5. The predicted octanol–water partition coefficient (Wildman–Crippen LogP) is 4.81. The first-order valence-electron chi connectivity index (χ1n) is 10.4. The maximum absolute atomic E-state index is 13.3. The van der Waals surface area contributed by atoms with Crippen LogP contribution in [0.25, 0.3) is 5.76 Å². The summed E-state index contributed by atoms with van der Waals surface area (Å²) in [5, 5.41) is 20.4. The first kappa shape index (κ1) is 21.8. The Bertz CT molecular complexity index is 1330. The van der Waals surface area contributed by atoms with E-state index in [0.717, 1.165) is 11.1 Å². The Kier molecular flexibility index (Phi) is 5.72. The second kappa shape index (κ2) is 8.64. The van der Waals surface area contributed by atoms with Crippen molar-refractivity contribution in [3.8, 4) is 11.8 Å². The van der Waals surface area contributed by atoms with E-state index >= 15 is 0 Å². The van der Waals surface area contributed by atoms with Gasteiger partial charge in [0.1, 0.15) is 11.5 Å². The number of ketones is 1. The van der Waals surface area contributed by atoms with Crippen molar-refractivity contribution in [1.29, 1.82) is 5.26 Å². The topological polar surface area (TPSA) is 90.6 Å². The van der Waals surface area contributed by atoms with Crippen LogP contribution >= 0.6 is 0 Å². The molecule has 0 bridgehead atoms. The maximum Gasteiger partial charge on any atom is 0.300 e. The molecular weight excluding hydrogens is 416 g/mol. The Morgan fingerprint density at radius 2 is 1.70 bits per heavy atom. The molecule has 164 valence electrons. The highest BCUT2D eigenvalue weighted by molar-refractivity contribution is 6.51. The highest BCUT2D eigenvalue weighted by Gasteiger charge is 2.47. The third-order valence-corrected chi connectivity index (χ3v) is 5.93. The fourth-order valence-electron chi connectivity index (χ4n) is 4.03. The summed E-state index contributed by atoms with van der Waals surface area (Å²) in [5.41, 5.74) is 3.87. The van der Waals surface area contributed by atoms with Crippen LogP contribution in [0.2, 0.25) is 0 Å². The quantitative estimate of drug-likeness (QED) is 0.359. The van der Waals surface area contributed by atoms with Crippen molar-refractivity contribution in [2.45, 2.75) is 19.9 Å². The number of Topliss-reactive ketones (excluding diaryl/α,β-unsaturated/α-hetero) is 1. The smallest absolute Gasteiger partial charge is 0.300 e. The van der Waals surface area contributed by atoms with Crippen molar-refractivity contribution in [1.82, 2.24) is 0 Å². The molecule has 4 rings (SSSR count). The van der Waals surface area contributed by atoms with Gasteiger partial charge in [0.05, 0.1) is 30.4 Å². The summed E-state index contributed by atoms with van der Waals surface area (Å²) >= 11 is 0. The average molecular weight is 438 g/mol. The highest BCUT2D eigenvalue weighted by Crippen LogP contribution is 2.44. The van der Waals surface area contributed by atoms with Crippen LogP contribution in [-0.2, 0) is 9.59 Å². The van der Waals surface area contributed by atoms with Gasteiger partial charge in [-0.15, -0.1) is 0 Å². The molecule has 1 atom stereocenters. The molecule has 1 unspecified atom stereocenters. The zero-order chi connectivity index (χ0) is 23.7. The molecule has 0 aromatic heterocycles. The van der Waals surface area contributed by atoms with Gasteiger partial charge in [-0.2, -0.15) is 5.26 Å². The lowest BCUT2D eigenvalue weighted by molar-refractivity contribution is -0.132. The number of aliphatic hydroxyl groups is 1. The van der Waals surface area contributed by atoms with Crippen molar-refractivity contribution in [3.05, 3.63) is 100 Å². The molecule has 1 aliphatic heterocycles. The van der Waals surface area contributed by atoms with Gasteiger partial charge in [-0.3, -0.25) is 14.5 Å². The number of nitrogens with zero attached hydrogens (tertiary/aromatic N) is 2. The maximum atomic E-state index is 13.3. The molecule has 0 radical (unpaired) electrons. The number of para-hydroxylation sites is 1. The second-order valence-electron chi connectivity index (χ2n) is 7.87. The molecule has 6 heteroatoms. The molecular formula is C27H22N2O4.